The van der Waals surface area contributed by atoms with E-state index in [9.17, 15) is 9.59 Å². The second-order valence-electron chi connectivity index (χ2n) is 6.39. The second-order valence-corrected chi connectivity index (χ2v) is 6.39. The molecule has 3 aromatic rings. The molecule has 2 aromatic carbocycles. The van der Waals surface area contributed by atoms with E-state index in [1.54, 1.807) is 19.9 Å². The lowest BCUT2D eigenvalue weighted by Crippen LogP contribution is -2.19. The molecule has 1 aliphatic rings. The van der Waals surface area contributed by atoms with Gasteiger partial charge in [-0.15, -0.1) is 0 Å². The van der Waals surface area contributed by atoms with E-state index in [0.29, 0.717) is 11.1 Å². The molecule has 1 aromatic heterocycles. The molecule has 0 saturated carbocycles. The zero-order valence-electron chi connectivity index (χ0n) is 15.0. The van der Waals surface area contributed by atoms with E-state index in [4.69, 9.17) is 9.47 Å². The highest BCUT2D eigenvalue weighted by atomic mass is 16.5. The van der Waals surface area contributed by atoms with Gasteiger partial charge in [0.05, 0.1) is 29.9 Å². The zero-order valence-corrected chi connectivity index (χ0v) is 15.0. The number of hydrogen-bond donors (Lipinski definition) is 0. The van der Waals surface area contributed by atoms with Gasteiger partial charge in [0.2, 0.25) is 0 Å². The fourth-order valence-corrected chi connectivity index (χ4v) is 4.00. The first-order valence-corrected chi connectivity index (χ1v) is 9.08. The molecule has 134 valence electrons. The molecule has 4 rings (SSSR count). The molecule has 0 bridgehead atoms. The lowest BCUT2D eigenvalue weighted by Gasteiger charge is -2.21. The SMILES string of the molecule is CCOC(=O)c1cc2c3ccccc3n3c2c(c1C(=O)OCC)CCC3. The van der Waals surface area contributed by atoms with Crippen molar-refractivity contribution in [2.45, 2.75) is 33.2 Å². The first-order chi connectivity index (χ1) is 12.7. The van der Waals surface area contributed by atoms with Crippen LogP contribution in [0.25, 0.3) is 21.8 Å². The summed E-state index contributed by atoms with van der Waals surface area (Å²) in [6.07, 6.45) is 1.66. The minimum atomic E-state index is -0.476. The van der Waals surface area contributed by atoms with Gasteiger partial charge >= 0.3 is 11.9 Å². The van der Waals surface area contributed by atoms with Crippen LogP contribution >= 0.6 is 0 Å². The Morgan fingerprint density at radius 1 is 1.04 bits per heavy atom. The van der Waals surface area contributed by atoms with Crippen molar-refractivity contribution < 1.29 is 19.1 Å². The fraction of sp³-hybridized carbons (Fsp3) is 0.333. The Balaban J connectivity index is 2.11. The van der Waals surface area contributed by atoms with Crippen LogP contribution in [0.5, 0.6) is 0 Å². The average Bonchev–Trinajstić information content (AvgIpc) is 2.98. The van der Waals surface area contributed by atoms with E-state index < -0.39 is 11.9 Å². The molecular weight excluding hydrogens is 330 g/mol. The van der Waals surface area contributed by atoms with Crippen LogP contribution in [0, 0.1) is 0 Å². The molecule has 0 fully saturated rings. The molecule has 26 heavy (non-hydrogen) atoms. The van der Waals surface area contributed by atoms with Crippen LogP contribution in [0.2, 0.25) is 0 Å². The Labute approximate surface area is 151 Å². The van der Waals surface area contributed by atoms with Crippen molar-refractivity contribution in [2.75, 3.05) is 13.2 Å². The van der Waals surface area contributed by atoms with E-state index in [2.05, 4.69) is 16.7 Å². The summed E-state index contributed by atoms with van der Waals surface area (Å²) in [7, 11) is 0. The maximum absolute atomic E-state index is 12.7. The van der Waals surface area contributed by atoms with Crippen LogP contribution in [0.15, 0.2) is 30.3 Å². The molecule has 0 spiro atoms. The average molecular weight is 351 g/mol. The normalized spacial score (nSPS) is 13.2. The van der Waals surface area contributed by atoms with Crippen molar-refractivity contribution in [3.8, 4) is 0 Å². The van der Waals surface area contributed by atoms with Crippen molar-refractivity contribution in [1.29, 1.82) is 0 Å². The monoisotopic (exact) mass is 351 g/mol. The summed E-state index contributed by atoms with van der Waals surface area (Å²) in [6, 6.07) is 9.94. The summed E-state index contributed by atoms with van der Waals surface area (Å²) in [5.74, 6) is -0.928. The number of carbonyl (C=O) groups excluding carboxylic acids is 2. The predicted molar refractivity (Wildman–Crippen MR) is 99.7 cm³/mol. The molecular formula is C21H21NO4. The van der Waals surface area contributed by atoms with Gasteiger partial charge in [0.1, 0.15) is 0 Å². The first-order valence-electron chi connectivity index (χ1n) is 9.08. The molecule has 0 unspecified atom stereocenters. The van der Waals surface area contributed by atoms with E-state index >= 15 is 0 Å². The fourth-order valence-electron chi connectivity index (χ4n) is 4.00. The third-order valence-corrected chi connectivity index (χ3v) is 4.94. The molecule has 1 aliphatic heterocycles. The number of esters is 2. The van der Waals surface area contributed by atoms with Crippen molar-refractivity contribution in [3.63, 3.8) is 0 Å². The van der Waals surface area contributed by atoms with E-state index in [-0.39, 0.29) is 13.2 Å². The van der Waals surface area contributed by atoms with Crippen LogP contribution in [0.3, 0.4) is 0 Å². The standard InChI is InChI=1S/C21H21NO4/c1-3-25-20(23)16-12-15-13-8-5-6-10-17(13)22-11-7-9-14(19(15)22)18(16)21(24)26-4-2/h5-6,8,10,12H,3-4,7,9,11H2,1-2H3. The number of hydrogen-bond acceptors (Lipinski definition) is 4. The Morgan fingerprint density at radius 2 is 1.77 bits per heavy atom. The first kappa shape index (κ1) is 16.6. The Bertz CT molecular complexity index is 1030. The Hall–Kier alpha value is -2.82. The van der Waals surface area contributed by atoms with E-state index in [0.717, 1.165) is 46.8 Å². The van der Waals surface area contributed by atoms with Crippen molar-refractivity contribution >= 4 is 33.7 Å². The third-order valence-electron chi connectivity index (χ3n) is 4.94. The lowest BCUT2D eigenvalue weighted by atomic mass is 9.92. The van der Waals surface area contributed by atoms with Crippen molar-refractivity contribution in [3.05, 3.63) is 47.0 Å². The zero-order chi connectivity index (χ0) is 18.3. The molecule has 0 saturated heterocycles. The highest BCUT2D eigenvalue weighted by Gasteiger charge is 2.29. The van der Waals surface area contributed by atoms with Gasteiger partial charge in [-0.2, -0.15) is 0 Å². The topological polar surface area (TPSA) is 57.5 Å². The molecule has 0 N–H and O–H groups in total. The molecule has 0 amide bonds. The maximum Gasteiger partial charge on any atom is 0.339 e. The third kappa shape index (κ3) is 2.38. The van der Waals surface area contributed by atoms with Gasteiger partial charge in [0, 0.05) is 22.8 Å². The summed E-state index contributed by atoms with van der Waals surface area (Å²) in [5.41, 5.74) is 3.72. The number of aromatic nitrogens is 1. The number of nitrogens with zero attached hydrogens (tertiary/aromatic N) is 1. The highest BCUT2D eigenvalue weighted by Crippen LogP contribution is 2.38. The van der Waals surface area contributed by atoms with Crippen LogP contribution in [0.4, 0.5) is 0 Å². The summed E-state index contributed by atoms with van der Waals surface area (Å²) in [5, 5.41) is 2.08. The van der Waals surface area contributed by atoms with Gasteiger partial charge in [-0.25, -0.2) is 9.59 Å². The lowest BCUT2D eigenvalue weighted by molar-refractivity contribution is 0.0478. The largest absolute Gasteiger partial charge is 0.462 e. The van der Waals surface area contributed by atoms with Gasteiger partial charge in [-0.3, -0.25) is 0 Å². The quantitative estimate of drug-likeness (QED) is 0.664. The van der Waals surface area contributed by atoms with Gasteiger partial charge in [0.25, 0.3) is 0 Å². The number of ether oxygens (including phenoxy) is 2. The number of fused-ring (bicyclic) bond motifs is 3. The number of carbonyl (C=O) groups is 2. The molecule has 2 heterocycles. The van der Waals surface area contributed by atoms with Gasteiger partial charge in [-0.05, 0) is 44.4 Å². The number of rotatable bonds is 4. The highest BCUT2D eigenvalue weighted by molar-refractivity contribution is 6.16. The molecule has 0 radical (unpaired) electrons. The van der Waals surface area contributed by atoms with Crippen LogP contribution in [-0.2, 0) is 22.4 Å². The van der Waals surface area contributed by atoms with Crippen molar-refractivity contribution in [2.24, 2.45) is 0 Å². The number of para-hydroxylation sites is 1. The van der Waals surface area contributed by atoms with Gasteiger partial charge < -0.3 is 14.0 Å². The summed E-state index contributed by atoms with van der Waals surface area (Å²) in [4.78, 5) is 25.3. The number of benzene rings is 2. The minimum absolute atomic E-state index is 0.260. The van der Waals surface area contributed by atoms with Gasteiger partial charge in [0.15, 0.2) is 0 Å². The summed E-state index contributed by atoms with van der Waals surface area (Å²) in [6.45, 7) is 4.95. The van der Waals surface area contributed by atoms with E-state index in [1.807, 2.05) is 12.1 Å². The number of aryl methyl sites for hydroxylation is 2. The van der Waals surface area contributed by atoms with Crippen LogP contribution < -0.4 is 0 Å². The predicted octanol–water partition coefficient (Wildman–Crippen LogP) is 4.09. The summed E-state index contributed by atoms with van der Waals surface area (Å²) >= 11 is 0. The Kier molecular flexibility index (Phi) is 4.15. The van der Waals surface area contributed by atoms with Crippen LogP contribution in [0.1, 0.15) is 46.5 Å². The Morgan fingerprint density at radius 3 is 2.54 bits per heavy atom. The van der Waals surface area contributed by atoms with E-state index in [1.165, 1.54) is 0 Å². The molecule has 5 nitrogen and oxygen atoms in total. The molecule has 5 heteroatoms. The van der Waals surface area contributed by atoms with Crippen LogP contribution in [-0.4, -0.2) is 29.7 Å². The molecule has 0 atom stereocenters. The van der Waals surface area contributed by atoms with Crippen molar-refractivity contribution in [1.82, 2.24) is 4.57 Å². The minimum Gasteiger partial charge on any atom is -0.462 e. The second kappa shape index (κ2) is 6.48. The maximum atomic E-state index is 12.7. The van der Waals surface area contributed by atoms with Gasteiger partial charge in [-0.1, -0.05) is 18.2 Å². The molecule has 0 aliphatic carbocycles. The summed E-state index contributed by atoms with van der Waals surface area (Å²) < 4.78 is 12.8. The smallest absolute Gasteiger partial charge is 0.339 e.